The third-order valence-corrected chi connectivity index (χ3v) is 4.41. The van der Waals surface area contributed by atoms with Gasteiger partial charge in [-0.3, -0.25) is 4.79 Å². The number of nitrogens with one attached hydrogen (secondary N) is 1. The monoisotopic (exact) mass is 331 g/mol. The average molecular weight is 331 g/mol. The van der Waals surface area contributed by atoms with Crippen LogP contribution >= 0.6 is 0 Å². The van der Waals surface area contributed by atoms with Crippen LogP contribution in [-0.4, -0.2) is 40.9 Å². The summed E-state index contributed by atoms with van der Waals surface area (Å²) >= 11 is 0. The Kier molecular flexibility index (Phi) is 4.80. The lowest BCUT2D eigenvalue weighted by atomic mass is 10.0. The predicted octanol–water partition coefficient (Wildman–Crippen LogP) is 1.67. The van der Waals surface area contributed by atoms with Gasteiger partial charge in [0.15, 0.2) is 5.82 Å². The maximum atomic E-state index is 12.2. The third kappa shape index (κ3) is 3.56. The lowest BCUT2D eigenvalue weighted by molar-refractivity contribution is 0.0916. The SMILES string of the molecule is COc1cccc(C(=O)NC[C@H]2C[C@H](c3nc(C)no3)C[C@H]2O)c1. The Hall–Kier alpha value is -2.41. The van der Waals surface area contributed by atoms with Gasteiger partial charge >= 0.3 is 0 Å². The van der Waals surface area contributed by atoms with E-state index in [4.69, 9.17) is 9.26 Å². The van der Waals surface area contributed by atoms with Crippen molar-refractivity contribution in [2.75, 3.05) is 13.7 Å². The van der Waals surface area contributed by atoms with Crippen molar-refractivity contribution < 1.29 is 19.2 Å². The number of hydrogen-bond acceptors (Lipinski definition) is 6. The zero-order valence-corrected chi connectivity index (χ0v) is 13.7. The van der Waals surface area contributed by atoms with Gasteiger partial charge in [-0.15, -0.1) is 0 Å². The second-order valence-corrected chi connectivity index (χ2v) is 6.12. The van der Waals surface area contributed by atoms with Gasteiger partial charge in [-0.2, -0.15) is 4.98 Å². The van der Waals surface area contributed by atoms with Crippen LogP contribution in [0.25, 0.3) is 0 Å². The van der Waals surface area contributed by atoms with Gasteiger partial charge in [0.1, 0.15) is 5.75 Å². The third-order valence-electron chi connectivity index (χ3n) is 4.41. The molecule has 0 radical (unpaired) electrons. The molecule has 1 aliphatic carbocycles. The number of aliphatic hydroxyl groups is 1. The molecule has 1 saturated carbocycles. The number of benzene rings is 1. The van der Waals surface area contributed by atoms with Crippen LogP contribution in [0.15, 0.2) is 28.8 Å². The number of rotatable bonds is 5. The molecular formula is C17H21N3O4. The Morgan fingerprint density at radius 1 is 1.46 bits per heavy atom. The largest absolute Gasteiger partial charge is 0.497 e. The molecule has 0 spiro atoms. The Labute approximate surface area is 140 Å². The number of aryl methyl sites for hydroxylation is 1. The molecule has 3 rings (SSSR count). The fourth-order valence-corrected chi connectivity index (χ4v) is 3.09. The van der Waals surface area contributed by atoms with Gasteiger partial charge in [0.2, 0.25) is 5.89 Å². The van der Waals surface area contributed by atoms with Crippen molar-refractivity contribution in [2.24, 2.45) is 5.92 Å². The first kappa shape index (κ1) is 16.4. The number of aliphatic hydroxyl groups excluding tert-OH is 1. The number of hydrogen-bond donors (Lipinski definition) is 2. The predicted molar refractivity (Wildman–Crippen MR) is 85.8 cm³/mol. The molecule has 7 heteroatoms. The summed E-state index contributed by atoms with van der Waals surface area (Å²) in [5.41, 5.74) is 0.533. The van der Waals surface area contributed by atoms with Gasteiger partial charge in [-0.25, -0.2) is 0 Å². The molecule has 1 aromatic carbocycles. The first-order valence-electron chi connectivity index (χ1n) is 7.97. The standard InChI is InChI=1S/C17H21N3O4/c1-10-19-17(24-20-10)12-6-13(15(21)8-12)9-18-16(22)11-4-3-5-14(7-11)23-2/h3-5,7,12-13,15,21H,6,8-9H2,1-2H3,(H,18,22)/t12-,13+,15+/m0/s1. The van der Waals surface area contributed by atoms with E-state index in [1.807, 2.05) is 0 Å². The van der Waals surface area contributed by atoms with E-state index in [2.05, 4.69) is 15.5 Å². The van der Waals surface area contributed by atoms with Crippen molar-refractivity contribution in [1.29, 1.82) is 0 Å². The number of aromatic nitrogens is 2. The molecule has 0 unspecified atom stereocenters. The number of methoxy groups -OCH3 is 1. The first-order valence-corrected chi connectivity index (χ1v) is 7.97. The van der Waals surface area contributed by atoms with Crippen molar-refractivity contribution >= 4 is 5.91 Å². The molecule has 1 amide bonds. The van der Waals surface area contributed by atoms with Gasteiger partial charge in [0, 0.05) is 23.9 Å². The smallest absolute Gasteiger partial charge is 0.251 e. The fourth-order valence-electron chi connectivity index (χ4n) is 3.09. The van der Waals surface area contributed by atoms with Crippen LogP contribution in [-0.2, 0) is 0 Å². The maximum Gasteiger partial charge on any atom is 0.251 e. The van der Waals surface area contributed by atoms with Crippen LogP contribution in [0.3, 0.4) is 0 Å². The van der Waals surface area contributed by atoms with E-state index in [0.29, 0.717) is 42.4 Å². The minimum Gasteiger partial charge on any atom is -0.497 e. The maximum absolute atomic E-state index is 12.2. The van der Waals surface area contributed by atoms with Gasteiger partial charge in [0.05, 0.1) is 13.2 Å². The normalized spacial score (nSPS) is 23.2. The highest BCUT2D eigenvalue weighted by Crippen LogP contribution is 2.37. The first-order chi connectivity index (χ1) is 11.6. The molecule has 2 N–H and O–H groups in total. The highest BCUT2D eigenvalue weighted by Gasteiger charge is 2.36. The van der Waals surface area contributed by atoms with Crippen LogP contribution in [0.5, 0.6) is 5.75 Å². The minimum absolute atomic E-state index is 0.0308. The summed E-state index contributed by atoms with van der Waals surface area (Å²) in [6, 6.07) is 6.97. The van der Waals surface area contributed by atoms with Gasteiger partial charge in [-0.05, 0) is 38.0 Å². The molecule has 2 aromatic rings. The number of carbonyl (C=O) groups excluding carboxylic acids is 1. The summed E-state index contributed by atoms with van der Waals surface area (Å²) in [5, 5.41) is 16.9. The van der Waals surface area contributed by atoms with Gasteiger partial charge in [0.25, 0.3) is 5.91 Å². The zero-order valence-electron chi connectivity index (χ0n) is 13.7. The highest BCUT2D eigenvalue weighted by molar-refractivity contribution is 5.94. The lowest BCUT2D eigenvalue weighted by Gasteiger charge is -2.15. The number of amides is 1. The zero-order chi connectivity index (χ0) is 17.1. The van der Waals surface area contributed by atoms with E-state index < -0.39 is 6.10 Å². The van der Waals surface area contributed by atoms with E-state index in [9.17, 15) is 9.90 Å². The van der Waals surface area contributed by atoms with Crippen molar-refractivity contribution in [3.05, 3.63) is 41.5 Å². The molecule has 0 aliphatic heterocycles. The number of nitrogens with zero attached hydrogens (tertiary/aromatic N) is 2. The van der Waals surface area contributed by atoms with Crippen LogP contribution in [0.4, 0.5) is 0 Å². The Balaban J connectivity index is 1.57. The molecule has 1 aliphatic rings. The number of ether oxygens (including phenoxy) is 1. The summed E-state index contributed by atoms with van der Waals surface area (Å²) in [5.74, 6) is 1.62. The molecule has 24 heavy (non-hydrogen) atoms. The van der Waals surface area contributed by atoms with Gasteiger partial charge < -0.3 is 19.7 Å². The molecular weight excluding hydrogens is 310 g/mol. The second kappa shape index (κ2) is 7.00. The summed E-state index contributed by atoms with van der Waals surface area (Å²) in [4.78, 5) is 16.5. The van der Waals surface area contributed by atoms with E-state index in [0.717, 1.165) is 0 Å². The van der Waals surface area contributed by atoms with E-state index >= 15 is 0 Å². The van der Waals surface area contributed by atoms with Crippen molar-refractivity contribution in [3.8, 4) is 5.75 Å². The highest BCUT2D eigenvalue weighted by atomic mass is 16.5. The van der Waals surface area contributed by atoms with Crippen LogP contribution in [0, 0.1) is 12.8 Å². The Bertz CT molecular complexity index is 715. The average Bonchev–Trinajstić information content (AvgIpc) is 3.18. The minimum atomic E-state index is -0.493. The molecule has 128 valence electrons. The molecule has 1 aromatic heterocycles. The fraction of sp³-hybridized carbons (Fsp3) is 0.471. The quantitative estimate of drug-likeness (QED) is 0.865. The molecule has 1 fully saturated rings. The second-order valence-electron chi connectivity index (χ2n) is 6.12. The lowest BCUT2D eigenvalue weighted by Crippen LogP contribution is -2.32. The summed E-state index contributed by atoms with van der Waals surface area (Å²) in [6.45, 7) is 2.17. The summed E-state index contributed by atoms with van der Waals surface area (Å²) in [7, 11) is 1.56. The van der Waals surface area contributed by atoms with E-state index in [-0.39, 0.29) is 17.7 Å². The van der Waals surface area contributed by atoms with Crippen LogP contribution in [0.2, 0.25) is 0 Å². The Morgan fingerprint density at radius 3 is 3.00 bits per heavy atom. The van der Waals surface area contributed by atoms with Crippen LogP contribution < -0.4 is 10.1 Å². The molecule has 3 atom stereocenters. The number of carbonyl (C=O) groups is 1. The van der Waals surface area contributed by atoms with Crippen molar-refractivity contribution in [2.45, 2.75) is 31.8 Å². The van der Waals surface area contributed by atoms with Gasteiger partial charge in [-0.1, -0.05) is 11.2 Å². The van der Waals surface area contributed by atoms with Crippen molar-refractivity contribution in [3.63, 3.8) is 0 Å². The van der Waals surface area contributed by atoms with Crippen LogP contribution in [0.1, 0.15) is 40.8 Å². The summed E-state index contributed by atoms with van der Waals surface area (Å²) < 4.78 is 10.3. The molecule has 7 nitrogen and oxygen atoms in total. The molecule has 1 heterocycles. The molecule has 0 saturated heterocycles. The topological polar surface area (TPSA) is 97.5 Å². The van der Waals surface area contributed by atoms with E-state index in [1.165, 1.54) is 0 Å². The van der Waals surface area contributed by atoms with E-state index in [1.54, 1.807) is 38.3 Å². The summed E-state index contributed by atoms with van der Waals surface area (Å²) in [6.07, 6.45) is 0.788. The molecule has 0 bridgehead atoms. The Morgan fingerprint density at radius 2 is 2.29 bits per heavy atom. The van der Waals surface area contributed by atoms with Crippen molar-refractivity contribution in [1.82, 2.24) is 15.5 Å².